The van der Waals surface area contributed by atoms with Crippen LogP contribution >= 0.6 is 11.3 Å². The molecule has 0 aliphatic carbocycles. The second-order valence-electron chi connectivity index (χ2n) is 5.70. The predicted molar refractivity (Wildman–Crippen MR) is 97.1 cm³/mol. The van der Waals surface area contributed by atoms with E-state index in [0.717, 1.165) is 34.0 Å². The summed E-state index contributed by atoms with van der Waals surface area (Å²) in [5.74, 6) is 0.878. The number of para-hydroxylation sites is 2. The van der Waals surface area contributed by atoms with Gasteiger partial charge in [0.1, 0.15) is 6.54 Å². The van der Waals surface area contributed by atoms with Crippen molar-refractivity contribution in [2.45, 2.75) is 13.5 Å². The molecule has 6 nitrogen and oxygen atoms in total. The molecule has 3 aromatic rings. The summed E-state index contributed by atoms with van der Waals surface area (Å²) in [6.07, 6.45) is 0. The zero-order valence-corrected chi connectivity index (χ0v) is 14.9. The van der Waals surface area contributed by atoms with E-state index in [1.165, 1.54) is 0 Å². The molecule has 0 aliphatic heterocycles. The third kappa shape index (κ3) is 3.18. The van der Waals surface area contributed by atoms with Gasteiger partial charge in [0.25, 0.3) is 0 Å². The van der Waals surface area contributed by atoms with Crippen molar-refractivity contribution in [3.63, 3.8) is 0 Å². The van der Waals surface area contributed by atoms with Crippen molar-refractivity contribution >= 4 is 28.3 Å². The molecule has 0 bridgehead atoms. The Kier molecular flexibility index (Phi) is 4.92. The Labute approximate surface area is 145 Å². The minimum atomic E-state index is 0.0665. The molecule has 1 amide bonds. The number of carbonyl (C=O) groups is 1. The molecule has 1 aromatic carbocycles. The normalized spacial score (nSPS) is 11.1. The number of aromatic nitrogens is 3. The number of nitrogens with one attached hydrogen (secondary N) is 1. The highest BCUT2D eigenvalue weighted by Gasteiger charge is 2.19. The monoisotopic (exact) mass is 343 g/mol. The number of amides is 1. The zero-order valence-electron chi connectivity index (χ0n) is 14.1. The van der Waals surface area contributed by atoms with Gasteiger partial charge >= 0.3 is 0 Å². The molecule has 2 aromatic heterocycles. The second-order valence-corrected chi connectivity index (χ2v) is 6.55. The van der Waals surface area contributed by atoms with Crippen molar-refractivity contribution < 1.29 is 4.79 Å². The standard InChI is InChI=1S/C17H21N5OS/c1-12-16(24-11-19-12)17-20-13-6-4-5-7-14(13)22(17)10-15(23)21(3)9-8-18-2/h4-7,11,18H,8-10H2,1-3H3. The van der Waals surface area contributed by atoms with E-state index in [-0.39, 0.29) is 12.5 Å². The van der Waals surface area contributed by atoms with E-state index in [1.54, 1.807) is 16.2 Å². The molecule has 0 aliphatic rings. The number of rotatable bonds is 6. The Morgan fingerprint density at radius 2 is 2.17 bits per heavy atom. The molecular weight excluding hydrogens is 322 g/mol. The number of aryl methyl sites for hydroxylation is 1. The van der Waals surface area contributed by atoms with Crippen LogP contribution in [0.4, 0.5) is 0 Å². The first-order chi connectivity index (χ1) is 11.6. The first-order valence-corrected chi connectivity index (χ1v) is 8.74. The summed E-state index contributed by atoms with van der Waals surface area (Å²) < 4.78 is 1.99. The summed E-state index contributed by atoms with van der Waals surface area (Å²) in [5, 5.41) is 3.06. The summed E-state index contributed by atoms with van der Waals surface area (Å²) in [6, 6.07) is 7.91. The van der Waals surface area contributed by atoms with Crippen LogP contribution in [0, 0.1) is 6.92 Å². The molecule has 3 rings (SSSR count). The maximum atomic E-state index is 12.6. The summed E-state index contributed by atoms with van der Waals surface area (Å²) >= 11 is 1.55. The molecule has 126 valence electrons. The topological polar surface area (TPSA) is 63.1 Å². The molecule has 1 N–H and O–H groups in total. The number of benzene rings is 1. The van der Waals surface area contributed by atoms with Gasteiger partial charge in [-0.05, 0) is 26.1 Å². The van der Waals surface area contributed by atoms with Gasteiger partial charge in [0.2, 0.25) is 5.91 Å². The van der Waals surface area contributed by atoms with Gasteiger partial charge in [-0.15, -0.1) is 11.3 Å². The molecule has 0 saturated carbocycles. The molecule has 0 radical (unpaired) electrons. The van der Waals surface area contributed by atoms with Crippen LogP contribution in [0.15, 0.2) is 29.8 Å². The van der Waals surface area contributed by atoms with Gasteiger partial charge < -0.3 is 14.8 Å². The van der Waals surface area contributed by atoms with Crippen LogP contribution < -0.4 is 5.32 Å². The van der Waals surface area contributed by atoms with Gasteiger partial charge in [0.05, 0.1) is 27.1 Å². The average molecular weight is 343 g/mol. The maximum Gasteiger partial charge on any atom is 0.242 e. The summed E-state index contributed by atoms with van der Waals surface area (Å²) in [6.45, 7) is 3.69. The van der Waals surface area contributed by atoms with Crippen molar-refractivity contribution in [2.24, 2.45) is 0 Å². The molecule has 0 saturated heterocycles. The van der Waals surface area contributed by atoms with Crippen LogP contribution in [0.5, 0.6) is 0 Å². The summed E-state index contributed by atoms with van der Waals surface area (Å²) in [4.78, 5) is 24.4. The van der Waals surface area contributed by atoms with E-state index in [2.05, 4.69) is 10.3 Å². The number of likely N-dealkylation sites (N-methyl/N-ethyl adjacent to an activating group) is 2. The van der Waals surface area contributed by atoms with Crippen LogP contribution in [0.3, 0.4) is 0 Å². The Morgan fingerprint density at radius 3 is 2.88 bits per heavy atom. The second kappa shape index (κ2) is 7.11. The minimum Gasteiger partial charge on any atom is -0.343 e. The summed E-state index contributed by atoms with van der Waals surface area (Å²) in [5.41, 5.74) is 4.61. The Balaban J connectivity index is 1.99. The number of imidazole rings is 1. The molecule has 7 heteroatoms. The molecule has 0 fully saturated rings. The van der Waals surface area contributed by atoms with Crippen LogP contribution in [-0.4, -0.2) is 52.5 Å². The van der Waals surface area contributed by atoms with Crippen molar-refractivity contribution in [1.29, 1.82) is 0 Å². The lowest BCUT2D eigenvalue weighted by Crippen LogP contribution is -2.35. The smallest absolute Gasteiger partial charge is 0.242 e. The maximum absolute atomic E-state index is 12.6. The number of carbonyl (C=O) groups excluding carboxylic acids is 1. The first-order valence-electron chi connectivity index (χ1n) is 7.86. The van der Waals surface area contributed by atoms with Crippen LogP contribution in [-0.2, 0) is 11.3 Å². The van der Waals surface area contributed by atoms with Crippen molar-refractivity contribution in [3.8, 4) is 10.7 Å². The third-order valence-corrected chi connectivity index (χ3v) is 4.94. The van der Waals surface area contributed by atoms with E-state index >= 15 is 0 Å². The highest BCUT2D eigenvalue weighted by molar-refractivity contribution is 7.13. The Morgan fingerprint density at radius 1 is 1.38 bits per heavy atom. The lowest BCUT2D eigenvalue weighted by Gasteiger charge is -2.18. The predicted octanol–water partition coefficient (Wildman–Crippen LogP) is 2.15. The average Bonchev–Trinajstić information content (AvgIpc) is 3.16. The fourth-order valence-electron chi connectivity index (χ4n) is 2.59. The molecule has 0 atom stereocenters. The highest BCUT2D eigenvalue weighted by Crippen LogP contribution is 2.30. The Bertz CT molecular complexity index is 854. The lowest BCUT2D eigenvalue weighted by molar-refractivity contribution is -0.130. The van der Waals surface area contributed by atoms with E-state index in [0.29, 0.717) is 6.54 Å². The number of thiazole rings is 1. The Hall–Kier alpha value is -2.25. The molecular formula is C17H21N5OS. The minimum absolute atomic E-state index is 0.0665. The lowest BCUT2D eigenvalue weighted by atomic mass is 10.3. The van der Waals surface area contributed by atoms with Gasteiger partial charge in [-0.3, -0.25) is 4.79 Å². The van der Waals surface area contributed by atoms with Crippen molar-refractivity contribution in [2.75, 3.05) is 27.2 Å². The molecule has 24 heavy (non-hydrogen) atoms. The van der Waals surface area contributed by atoms with Crippen LogP contribution in [0.25, 0.3) is 21.7 Å². The van der Waals surface area contributed by atoms with Gasteiger partial charge in [-0.1, -0.05) is 12.1 Å². The number of nitrogens with zero attached hydrogens (tertiary/aromatic N) is 4. The fraction of sp³-hybridized carbons (Fsp3) is 0.353. The van der Waals surface area contributed by atoms with Gasteiger partial charge in [-0.2, -0.15) is 0 Å². The summed E-state index contributed by atoms with van der Waals surface area (Å²) in [7, 11) is 3.71. The van der Waals surface area contributed by atoms with E-state index in [4.69, 9.17) is 4.98 Å². The van der Waals surface area contributed by atoms with E-state index in [1.807, 2.05) is 55.4 Å². The van der Waals surface area contributed by atoms with Gasteiger partial charge in [-0.25, -0.2) is 9.97 Å². The van der Waals surface area contributed by atoms with Crippen molar-refractivity contribution in [1.82, 2.24) is 24.8 Å². The molecule has 0 unspecified atom stereocenters. The number of hydrogen-bond acceptors (Lipinski definition) is 5. The zero-order chi connectivity index (χ0) is 17.1. The van der Waals surface area contributed by atoms with Crippen LogP contribution in [0.2, 0.25) is 0 Å². The highest BCUT2D eigenvalue weighted by atomic mass is 32.1. The van der Waals surface area contributed by atoms with Gasteiger partial charge in [0, 0.05) is 20.1 Å². The van der Waals surface area contributed by atoms with Crippen LogP contribution in [0.1, 0.15) is 5.69 Å². The van der Waals surface area contributed by atoms with E-state index in [9.17, 15) is 4.79 Å². The first kappa shape index (κ1) is 16.6. The fourth-order valence-corrected chi connectivity index (χ4v) is 3.39. The quantitative estimate of drug-likeness (QED) is 0.745. The van der Waals surface area contributed by atoms with E-state index < -0.39 is 0 Å². The largest absolute Gasteiger partial charge is 0.343 e. The molecule has 2 heterocycles. The SMILES string of the molecule is CNCCN(C)C(=O)Cn1c(-c2scnc2C)nc2ccccc21. The number of fused-ring (bicyclic) bond motifs is 1. The van der Waals surface area contributed by atoms with Crippen molar-refractivity contribution in [3.05, 3.63) is 35.5 Å². The third-order valence-electron chi connectivity index (χ3n) is 4.02. The number of hydrogen-bond donors (Lipinski definition) is 1. The van der Waals surface area contributed by atoms with Gasteiger partial charge in [0.15, 0.2) is 5.82 Å². The molecule has 0 spiro atoms.